The highest BCUT2D eigenvalue weighted by Gasteiger charge is 2.11. The molecule has 0 aliphatic carbocycles. The summed E-state index contributed by atoms with van der Waals surface area (Å²) in [5.41, 5.74) is 1.01. The zero-order chi connectivity index (χ0) is 14.4. The fourth-order valence-corrected chi connectivity index (χ4v) is 1.93. The Balaban J connectivity index is 2.05. The van der Waals surface area contributed by atoms with Crippen LogP contribution in [0.15, 0.2) is 53.0 Å². The Morgan fingerprint density at radius 1 is 1.20 bits per heavy atom. The second-order valence-electron chi connectivity index (χ2n) is 3.90. The van der Waals surface area contributed by atoms with Gasteiger partial charge in [-0.2, -0.15) is 0 Å². The second kappa shape index (κ2) is 6.78. The summed E-state index contributed by atoms with van der Waals surface area (Å²) in [6.07, 6.45) is 0. The third-order valence-electron chi connectivity index (χ3n) is 2.48. The number of carboxylic acids is 1. The lowest BCUT2D eigenvalue weighted by Crippen LogP contribution is -2.03. The van der Waals surface area contributed by atoms with Gasteiger partial charge in [-0.25, -0.2) is 4.79 Å². The first-order valence-electron chi connectivity index (χ1n) is 5.86. The third-order valence-corrected chi connectivity index (χ3v) is 2.97. The third kappa shape index (κ3) is 3.87. The van der Waals surface area contributed by atoms with Gasteiger partial charge in [0.1, 0.15) is 17.9 Å². The smallest absolute Gasteiger partial charge is 0.339 e. The number of aromatic carboxylic acids is 1. The molecular weight excluding hydrogens is 320 g/mol. The fraction of sp³-hybridized carbons (Fsp3) is 0.0625. The van der Waals surface area contributed by atoms with Gasteiger partial charge in [0.15, 0.2) is 0 Å². The Hall–Kier alpha value is -2.25. The van der Waals surface area contributed by atoms with E-state index in [9.17, 15) is 4.79 Å². The maximum Gasteiger partial charge on any atom is 0.339 e. The highest BCUT2D eigenvalue weighted by molar-refractivity contribution is 9.10. The molecule has 2 aromatic carbocycles. The molecule has 0 saturated heterocycles. The van der Waals surface area contributed by atoms with E-state index in [4.69, 9.17) is 9.84 Å². The van der Waals surface area contributed by atoms with E-state index in [-0.39, 0.29) is 12.2 Å². The molecular formula is C16H11BrO3. The first kappa shape index (κ1) is 14.2. The molecule has 0 bridgehead atoms. The average Bonchev–Trinajstić information content (AvgIpc) is 2.45. The maximum absolute atomic E-state index is 11.1. The Morgan fingerprint density at radius 3 is 2.65 bits per heavy atom. The highest BCUT2D eigenvalue weighted by atomic mass is 79.9. The minimum atomic E-state index is -1.03. The topological polar surface area (TPSA) is 46.5 Å². The number of carboxylic acid groups (broad SMARTS) is 1. The van der Waals surface area contributed by atoms with Gasteiger partial charge in [-0.15, -0.1) is 0 Å². The van der Waals surface area contributed by atoms with Gasteiger partial charge < -0.3 is 9.84 Å². The molecule has 0 spiro atoms. The lowest BCUT2D eigenvalue weighted by molar-refractivity contribution is 0.0693. The molecule has 0 aliphatic rings. The molecule has 100 valence electrons. The Labute approximate surface area is 125 Å². The molecule has 3 nitrogen and oxygen atoms in total. The van der Waals surface area contributed by atoms with E-state index in [2.05, 4.69) is 27.8 Å². The van der Waals surface area contributed by atoms with Crippen molar-refractivity contribution in [3.63, 3.8) is 0 Å². The first-order valence-corrected chi connectivity index (χ1v) is 6.65. The summed E-state index contributed by atoms with van der Waals surface area (Å²) in [7, 11) is 0. The van der Waals surface area contributed by atoms with Crippen LogP contribution in [-0.2, 0) is 0 Å². The number of rotatable bonds is 3. The SMILES string of the molecule is O=C(O)c1cc(Br)ccc1OCC#Cc1ccccc1. The Kier molecular flexibility index (Phi) is 4.80. The predicted octanol–water partition coefficient (Wildman–Crippen LogP) is 3.58. The lowest BCUT2D eigenvalue weighted by atomic mass is 10.2. The van der Waals surface area contributed by atoms with Crippen LogP contribution in [0.5, 0.6) is 5.75 Å². The van der Waals surface area contributed by atoms with Crippen LogP contribution in [0.2, 0.25) is 0 Å². The zero-order valence-electron chi connectivity index (χ0n) is 10.5. The van der Waals surface area contributed by atoms with Crippen LogP contribution in [0.4, 0.5) is 0 Å². The number of hydrogen-bond acceptors (Lipinski definition) is 2. The number of halogens is 1. The molecule has 0 aromatic heterocycles. The van der Waals surface area contributed by atoms with Crippen molar-refractivity contribution in [2.45, 2.75) is 0 Å². The van der Waals surface area contributed by atoms with Crippen molar-refractivity contribution in [1.29, 1.82) is 0 Å². The van der Waals surface area contributed by atoms with Gasteiger partial charge in [0, 0.05) is 10.0 Å². The number of carbonyl (C=O) groups is 1. The largest absolute Gasteiger partial charge is 0.480 e. The quantitative estimate of drug-likeness (QED) is 0.875. The number of hydrogen-bond donors (Lipinski definition) is 1. The van der Waals surface area contributed by atoms with Crippen LogP contribution < -0.4 is 4.74 Å². The first-order chi connectivity index (χ1) is 9.66. The monoisotopic (exact) mass is 330 g/mol. The second-order valence-corrected chi connectivity index (χ2v) is 4.82. The van der Waals surface area contributed by atoms with E-state index in [1.807, 2.05) is 30.3 Å². The molecule has 0 amide bonds. The summed E-state index contributed by atoms with van der Waals surface area (Å²) in [5.74, 6) is 5.08. The van der Waals surface area contributed by atoms with E-state index in [1.54, 1.807) is 12.1 Å². The number of ether oxygens (including phenoxy) is 1. The predicted molar refractivity (Wildman–Crippen MR) is 79.9 cm³/mol. The molecule has 0 atom stereocenters. The van der Waals surface area contributed by atoms with E-state index in [0.717, 1.165) is 5.56 Å². The average molecular weight is 331 g/mol. The highest BCUT2D eigenvalue weighted by Crippen LogP contribution is 2.23. The zero-order valence-corrected chi connectivity index (χ0v) is 12.1. The number of benzene rings is 2. The summed E-state index contributed by atoms with van der Waals surface area (Å²) in [4.78, 5) is 11.1. The molecule has 0 saturated carbocycles. The molecule has 0 fully saturated rings. The molecule has 0 unspecified atom stereocenters. The molecule has 4 heteroatoms. The summed E-state index contributed by atoms with van der Waals surface area (Å²) < 4.78 is 6.09. The fourth-order valence-electron chi connectivity index (χ4n) is 1.57. The minimum Gasteiger partial charge on any atom is -0.480 e. The molecule has 20 heavy (non-hydrogen) atoms. The minimum absolute atomic E-state index is 0.112. The van der Waals surface area contributed by atoms with Crippen LogP contribution in [0.3, 0.4) is 0 Å². The summed E-state index contributed by atoms with van der Waals surface area (Å²) >= 11 is 3.23. The van der Waals surface area contributed by atoms with Crippen LogP contribution in [0.25, 0.3) is 0 Å². The lowest BCUT2D eigenvalue weighted by Gasteiger charge is -2.06. The van der Waals surface area contributed by atoms with Crippen LogP contribution >= 0.6 is 15.9 Å². The molecule has 0 heterocycles. The maximum atomic E-state index is 11.1. The van der Waals surface area contributed by atoms with E-state index in [1.165, 1.54) is 6.07 Å². The molecule has 2 aromatic rings. The summed E-state index contributed by atoms with van der Waals surface area (Å²) in [6.45, 7) is 0.136. The van der Waals surface area contributed by atoms with Gasteiger partial charge in [-0.3, -0.25) is 0 Å². The van der Waals surface area contributed by atoms with Gasteiger partial charge in [0.2, 0.25) is 0 Å². The van der Waals surface area contributed by atoms with E-state index >= 15 is 0 Å². The molecule has 1 N–H and O–H groups in total. The normalized spacial score (nSPS) is 9.45. The Bertz CT molecular complexity index is 669. The van der Waals surface area contributed by atoms with Crippen LogP contribution in [-0.4, -0.2) is 17.7 Å². The molecule has 0 radical (unpaired) electrons. The van der Waals surface area contributed by atoms with Gasteiger partial charge in [-0.05, 0) is 30.3 Å². The van der Waals surface area contributed by atoms with Gasteiger partial charge in [0.05, 0.1) is 0 Å². The molecule has 0 aliphatic heterocycles. The van der Waals surface area contributed by atoms with Crippen LogP contribution in [0, 0.1) is 11.8 Å². The van der Waals surface area contributed by atoms with Crippen LogP contribution in [0.1, 0.15) is 15.9 Å². The van der Waals surface area contributed by atoms with Crippen molar-refractivity contribution >= 4 is 21.9 Å². The van der Waals surface area contributed by atoms with E-state index < -0.39 is 5.97 Å². The van der Waals surface area contributed by atoms with Crippen molar-refractivity contribution in [3.05, 3.63) is 64.1 Å². The van der Waals surface area contributed by atoms with Gasteiger partial charge in [-0.1, -0.05) is 46.0 Å². The van der Waals surface area contributed by atoms with Crippen molar-refractivity contribution in [2.24, 2.45) is 0 Å². The van der Waals surface area contributed by atoms with E-state index in [0.29, 0.717) is 10.2 Å². The summed E-state index contributed by atoms with van der Waals surface area (Å²) in [5, 5.41) is 9.09. The van der Waals surface area contributed by atoms with Crippen molar-refractivity contribution in [2.75, 3.05) is 6.61 Å². The van der Waals surface area contributed by atoms with Gasteiger partial charge in [0.25, 0.3) is 0 Å². The molecule has 2 rings (SSSR count). The summed E-state index contributed by atoms with van der Waals surface area (Å²) in [6, 6.07) is 14.4. The van der Waals surface area contributed by atoms with Gasteiger partial charge >= 0.3 is 5.97 Å². The Morgan fingerprint density at radius 2 is 1.95 bits per heavy atom. The van der Waals surface area contributed by atoms with Crippen molar-refractivity contribution < 1.29 is 14.6 Å². The standard InChI is InChI=1S/C16H11BrO3/c17-13-8-9-15(14(11-13)16(18)19)20-10-4-7-12-5-2-1-3-6-12/h1-3,5-6,8-9,11H,10H2,(H,18,19). The van der Waals surface area contributed by atoms with Crippen molar-refractivity contribution in [3.8, 4) is 17.6 Å². The van der Waals surface area contributed by atoms with Crippen molar-refractivity contribution in [1.82, 2.24) is 0 Å².